The average molecular weight is 339 g/mol. The molecule has 0 radical (unpaired) electrons. The zero-order valence-corrected chi connectivity index (χ0v) is 14.6. The summed E-state index contributed by atoms with van der Waals surface area (Å²) < 4.78 is 5.18. The van der Waals surface area contributed by atoms with Crippen LogP contribution in [0.15, 0.2) is 48.5 Å². The van der Waals surface area contributed by atoms with Crippen molar-refractivity contribution in [2.24, 2.45) is 5.92 Å². The molecule has 0 aliphatic carbocycles. The SMILES string of the molecule is COc1cc(CN2CCCC(C(=O)Cc3ccccc3)C2)ccc1O. The van der Waals surface area contributed by atoms with Crippen LogP contribution in [0.2, 0.25) is 0 Å². The van der Waals surface area contributed by atoms with Gasteiger partial charge in [-0.25, -0.2) is 0 Å². The first kappa shape index (κ1) is 17.5. The largest absolute Gasteiger partial charge is 0.504 e. The van der Waals surface area contributed by atoms with Crippen molar-refractivity contribution in [2.75, 3.05) is 20.2 Å². The minimum absolute atomic E-state index is 0.105. The van der Waals surface area contributed by atoms with Crippen LogP contribution in [0.1, 0.15) is 24.0 Å². The molecular formula is C21H25NO3. The summed E-state index contributed by atoms with van der Waals surface area (Å²) in [5.74, 6) is 1.08. The van der Waals surface area contributed by atoms with E-state index in [1.54, 1.807) is 13.2 Å². The lowest BCUT2D eigenvalue weighted by atomic mass is 9.90. The van der Waals surface area contributed by atoms with Gasteiger partial charge in [0.1, 0.15) is 5.78 Å². The summed E-state index contributed by atoms with van der Waals surface area (Å²) in [4.78, 5) is 15.0. The Hall–Kier alpha value is -2.33. The molecule has 25 heavy (non-hydrogen) atoms. The summed E-state index contributed by atoms with van der Waals surface area (Å²) in [6.07, 6.45) is 2.54. The monoisotopic (exact) mass is 339 g/mol. The number of piperidine rings is 1. The molecule has 1 heterocycles. The number of hydrogen-bond donors (Lipinski definition) is 1. The minimum atomic E-state index is 0.105. The topological polar surface area (TPSA) is 49.8 Å². The number of aromatic hydroxyl groups is 1. The molecule has 4 nitrogen and oxygen atoms in total. The van der Waals surface area contributed by atoms with Crippen LogP contribution in [-0.4, -0.2) is 36.0 Å². The van der Waals surface area contributed by atoms with Crippen LogP contribution in [0, 0.1) is 5.92 Å². The van der Waals surface area contributed by atoms with Gasteiger partial charge >= 0.3 is 0 Å². The van der Waals surface area contributed by atoms with Crippen molar-refractivity contribution < 1.29 is 14.6 Å². The summed E-state index contributed by atoms with van der Waals surface area (Å²) in [6, 6.07) is 15.4. The first-order valence-corrected chi connectivity index (χ1v) is 8.80. The highest BCUT2D eigenvalue weighted by Crippen LogP contribution is 2.28. The van der Waals surface area contributed by atoms with E-state index in [4.69, 9.17) is 4.74 Å². The van der Waals surface area contributed by atoms with Crippen molar-refractivity contribution in [2.45, 2.75) is 25.8 Å². The van der Waals surface area contributed by atoms with Crippen molar-refractivity contribution in [3.8, 4) is 11.5 Å². The molecule has 3 rings (SSSR count). The molecule has 1 atom stereocenters. The van der Waals surface area contributed by atoms with Crippen LogP contribution in [0.3, 0.4) is 0 Å². The number of carbonyl (C=O) groups is 1. The highest BCUT2D eigenvalue weighted by molar-refractivity contribution is 5.83. The molecule has 4 heteroatoms. The molecule has 132 valence electrons. The number of phenolic OH excluding ortho intramolecular Hbond substituents is 1. The Morgan fingerprint density at radius 3 is 2.76 bits per heavy atom. The third-order valence-electron chi connectivity index (χ3n) is 4.83. The third kappa shape index (κ3) is 4.60. The van der Waals surface area contributed by atoms with Gasteiger partial charge in [-0.05, 0) is 42.6 Å². The molecule has 0 amide bonds. The molecule has 0 saturated carbocycles. The lowest BCUT2D eigenvalue weighted by molar-refractivity contribution is -0.123. The fourth-order valence-electron chi connectivity index (χ4n) is 3.48. The number of nitrogens with zero attached hydrogens (tertiary/aromatic N) is 1. The maximum atomic E-state index is 12.6. The number of methoxy groups -OCH3 is 1. The summed E-state index contributed by atoms with van der Waals surface area (Å²) in [7, 11) is 1.55. The Bertz CT molecular complexity index is 714. The minimum Gasteiger partial charge on any atom is -0.504 e. The smallest absolute Gasteiger partial charge is 0.160 e. The van der Waals surface area contributed by atoms with Crippen LogP contribution in [0.25, 0.3) is 0 Å². The van der Waals surface area contributed by atoms with E-state index in [1.807, 2.05) is 42.5 Å². The summed E-state index contributed by atoms with van der Waals surface area (Å²) in [5, 5.41) is 9.71. The van der Waals surface area contributed by atoms with Crippen LogP contribution >= 0.6 is 0 Å². The van der Waals surface area contributed by atoms with E-state index in [9.17, 15) is 9.90 Å². The van der Waals surface area contributed by atoms with Gasteiger partial charge < -0.3 is 9.84 Å². The molecule has 0 spiro atoms. The quantitative estimate of drug-likeness (QED) is 0.876. The lowest BCUT2D eigenvalue weighted by Crippen LogP contribution is -2.38. The van der Waals surface area contributed by atoms with Gasteiger partial charge in [-0.2, -0.15) is 0 Å². The number of likely N-dealkylation sites (tertiary alicyclic amines) is 1. The standard InChI is InChI=1S/C21H25NO3/c1-25-21-13-17(9-10-19(21)23)14-22-11-5-8-18(15-22)20(24)12-16-6-3-2-4-7-16/h2-4,6-7,9-10,13,18,23H,5,8,11-12,14-15H2,1H3. The van der Waals surface area contributed by atoms with Gasteiger partial charge in [0.25, 0.3) is 0 Å². The van der Waals surface area contributed by atoms with Gasteiger partial charge in [0.05, 0.1) is 7.11 Å². The first-order valence-electron chi connectivity index (χ1n) is 8.80. The lowest BCUT2D eigenvalue weighted by Gasteiger charge is -2.32. The van der Waals surface area contributed by atoms with Gasteiger partial charge in [-0.15, -0.1) is 0 Å². The normalized spacial score (nSPS) is 18.0. The molecule has 1 N–H and O–H groups in total. The zero-order chi connectivity index (χ0) is 17.6. The van der Waals surface area contributed by atoms with E-state index >= 15 is 0 Å². The van der Waals surface area contributed by atoms with Crippen molar-refractivity contribution in [1.29, 1.82) is 0 Å². The predicted octanol–water partition coefficient (Wildman–Crippen LogP) is 3.42. The Morgan fingerprint density at radius 1 is 1.20 bits per heavy atom. The molecule has 1 aliphatic heterocycles. The second-order valence-corrected chi connectivity index (χ2v) is 6.71. The summed E-state index contributed by atoms with van der Waals surface area (Å²) in [6.45, 7) is 2.57. The number of Topliss-reactive ketones (excluding diaryl/α,β-unsaturated/α-hetero) is 1. The van der Waals surface area contributed by atoms with Gasteiger partial charge in [0.15, 0.2) is 11.5 Å². The molecule has 0 bridgehead atoms. The molecule has 1 saturated heterocycles. The van der Waals surface area contributed by atoms with Crippen LogP contribution < -0.4 is 4.74 Å². The molecule has 2 aromatic rings. The fraction of sp³-hybridized carbons (Fsp3) is 0.381. The van der Waals surface area contributed by atoms with Gasteiger partial charge in [-0.3, -0.25) is 9.69 Å². The van der Waals surface area contributed by atoms with Crippen molar-refractivity contribution in [3.63, 3.8) is 0 Å². The van der Waals surface area contributed by atoms with Crippen molar-refractivity contribution in [1.82, 2.24) is 4.90 Å². The highest BCUT2D eigenvalue weighted by atomic mass is 16.5. The number of rotatable bonds is 6. The van der Waals surface area contributed by atoms with Crippen LogP contribution in [-0.2, 0) is 17.8 Å². The number of benzene rings is 2. The number of carbonyl (C=O) groups excluding carboxylic acids is 1. The molecule has 1 unspecified atom stereocenters. The number of hydrogen-bond acceptors (Lipinski definition) is 4. The molecule has 2 aromatic carbocycles. The van der Waals surface area contributed by atoms with E-state index < -0.39 is 0 Å². The maximum absolute atomic E-state index is 12.6. The second-order valence-electron chi connectivity index (χ2n) is 6.71. The van der Waals surface area contributed by atoms with Gasteiger partial charge in [-0.1, -0.05) is 36.4 Å². The fourth-order valence-corrected chi connectivity index (χ4v) is 3.48. The summed E-state index contributed by atoms with van der Waals surface area (Å²) in [5.41, 5.74) is 2.18. The van der Waals surface area contributed by atoms with E-state index in [0.29, 0.717) is 18.0 Å². The number of ketones is 1. The van der Waals surface area contributed by atoms with Crippen LogP contribution in [0.4, 0.5) is 0 Å². The van der Waals surface area contributed by atoms with Crippen molar-refractivity contribution in [3.05, 3.63) is 59.7 Å². The Labute approximate surface area is 149 Å². The predicted molar refractivity (Wildman–Crippen MR) is 97.8 cm³/mol. The molecule has 1 fully saturated rings. The van der Waals surface area contributed by atoms with Gasteiger partial charge in [0, 0.05) is 25.4 Å². The molecule has 0 aromatic heterocycles. The summed E-state index contributed by atoms with van der Waals surface area (Å²) >= 11 is 0. The second kappa shape index (κ2) is 8.17. The maximum Gasteiger partial charge on any atom is 0.160 e. The third-order valence-corrected chi connectivity index (χ3v) is 4.83. The van der Waals surface area contributed by atoms with Gasteiger partial charge in [0.2, 0.25) is 0 Å². The van der Waals surface area contributed by atoms with Crippen LogP contribution in [0.5, 0.6) is 11.5 Å². The van der Waals surface area contributed by atoms with E-state index in [0.717, 1.165) is 43.6 Å². The Morgan fingerprint density at radius 2 is 2.00 bits per heavy atom. The molecular weight excluding hydrogens is 314 g/mol. The zero-order valence-electron chi connectivity index (χ0n) is 14.6. The Balaban J connectivity index is 1.60. The van der Waals surface area contributed by atoms with Crippen molar-refractivity contribution >= 4 is 5.78 Å². The number of phenols is 1. The van der Waals surface area contributed by atoms with E-state index in [2.05, 4.69) is 4.90 Å². The first-order chi connectivity index (χ1) is 12.2. The van der Waals surface area contributed by atoms with E-state index in [1.165, 1.54) is 0 Å². The molecule has 1 aliphatic rings. The van der Waals surface area contributed by atoms with E-state index in [-0.39, 0.29) is 11.7 Å². The number of ether oxygens (including phenoxy) is 1. The Kier molecular flexibility index (Phi) is 5.71. The average Bonchev–Trinajstić information content (AvgIpc) is 2.64. The highest BCUT2D eigenvalue weighted by Gasteiger charge is 2.25.